The number of phenols is 1. The number of para-hydroxylation sites is 1. The van der Waals surface area contributed by atoms with E-state index >= 15 is 0 Å². The van der Waals surface area contributed by atoms with Crippen LogP contribution in [0.25, 0.3) is 0 Å². The number of aliphatic hydroxyl groups is 1. The maximum Gasteiger partial charge on any atom is 0.119 e. The summed E-state index contributed by atoms with van der Waals surface area (Å²) in [6.45, 7) is 3.67. The third kappa shape index (κ3) is 2.52. The zero-order valence-electron chi connectivity index (χ0n) is 10.0. The van der Waals surface area contributed by atoms with E-state index in [0.717, 1.165) is 24.8 Å². The van der Waals surface area contributed by atoms with Crippen molar-refractivity contribution in [2.75, 3.05) is 0 Å². The summed E-state index contributed by atoms with van der Waals surface area (Å²) in [6.07, 6.45) is 5.50. The van der Waals surface area contributed by atoms with Crippen molar-refractivity contribution < 1.29 is 10.2 Å². The highest BCUT2D eigenvalue weighted by atomic mass is 16.3. The average Bonchev–Trinajstić information content (AvgIpc) is 2.38. The Kier molecular flexibility index (Phi) is 3.85. The molecule has 2 N–H and O–H groups in total. The van der Waals surface area contributed by atoms with Crippen molar-refractivity contribution in [2.45, 2.75) is 37.7 Å². The predicted molar refractivity (Wildman–Crippen MR) is 69.0 cm³/mol. The minimum absolute atomic E-state index is 0.189. The third-order valence-corrected chi connectivity index (χ3v) is 3.84. The molecule has 1 fully saturated rings. The first-order valence-corrected chi connectivity index (χ1v) is 6.32. The summed E-state index contributed by atoms with van der Waals surface area (Å²) in [5.41, 5.74) is 0.970. The molecule has 2 rings (SSSR count). The second-order valence-electron chi connectivity index (χ2n) is 4.84. The molecule has 0 heterocycles. The van der Waals surface area contributed by atoms with E-state index in [1.165, 1.54) is 6.42 Å². The van der Waals surface area contributed by atoms with Gasteiger partial charge >= 0.3 is 0 Å². The van der Waals surface area contributed by atoms with Crippen LogP contribution in [0.3, 0.4) is 0 Å². The van der Waals surface area contributed by atoms with Gasteiger partial charge in [0, 0.05) is 0 Å². The molecule has 0 spiro atoms. The number of benzene rings is 1. The molecular weight excluding hydrogens is 212 g/mol. The summed E-state index contributed by atoms with van der Waals surface area (Å²) in [5.74, 6) is 0.785. The maximum absolute atomic E-state index is 10.0. The number of rotatable bonds is 3. The quantitative estimate of drug-likeness (QED) is 0.786. The van der Waals surface area contributed by atoms with Crippen LogP contribution in [0.4, 0.5) is 0 Å². The molecule has 0 bridgehead atoms. The zero-order valence-corrected chi connectivity index (χ0v) is 10.0. The van der Waals surface area contributed by atoms with E-state index in [4.69, 9.17) is 0 Å². The van der Waals surface area contributed by atoms with E-state index < -0.39 is 6.10 Å². The Bertz CT molecular complexity index is 386. The second kappa shape index (κ2) is 5.37. The lowest BCUT2D eigenvalue weighted by molar-refractivity contribution is 0.108. The van der Waals surface area contributed by atoms with E-state index in [-0.39, 0.29) is 11.8 Å². The lowest BCUT2D eigenvalue weighted by Crippen LogP contribution is -2.28. The molecule has 92 valence electrons. The molecule has 1 aromatic rings. The van der Waals surface area contributed by atoms with E-state index in [9.17, 15) is 10.2 Å². The minimum atomic E-state index is -0.472. The van der Waals surface area contributed by atoms with Gasteiger partial charge in [0.2, 0.25) is 0 Å². The van der Waals surface area contributed by atoms with Crippen molar-refractivity contribution in [1.29, 1.82) is 0 Å². The van der Waals surface area contributed by atoms with Crippen LogP contribution in [0, 0.1) is 5.92 Å². The molecule has 0 saturated heterocycles. The van der Waals surface area contributed by atoms with Crippen molar-refractivity contribution in [1.82, 2.24) is 0 Å². The summed E-state index contributed by atoms with van der Waals surface area (Å²) in [5, 5.41) is 19.9. The van der Waals surface area contributed by atoms with Crippen LogP contribution in [-0.4, -0.2) is 16.3 Å². The first-order chi connectivity index (χ1) is 8.24. The molecular formula is C15H20O2. The average molecular weight is 232 g/mol. The molecule has 3 atom stereocenters. The van der Waals surface area contributed by atoms with Crippen LogP contribution in [0.15, 0.2) is 36.9 Å². The molecule has 0 radical (unpaired) electrons. The number of hydrogen-bond donors (Lipinski definition) is 2. The van der Waals surface area contributed by atoms with Gasteiger partial charge in [0.05, 0.1) is 6.10 Å². The molecule has 0 aromatic heterocycles. The number of phenolic OH excluding ortho intramolecular Hbond substituents is 1. The third-order valence-electron chi connectivity index (χ3n) is 3.84. The molecule has 2 nitrogen and oxygen atoms in total. The lowest BCUT2D eigenvalue weighted by Gasteiger charge is -2.34. The van der Waals surface area contributed by atoms with Crippen LogP contribution in [0.5, 0.6) is 5.75 Å². The van der Waals surface area contributed by atoms with Crippen molar-refractivity contribution >= 4 is 0 Å². The van der Waals surface area contributed by atoms with Crippen LogP contribution in [0.2, 0.25) is 0 Å². The van der Waals surface area contributed by atoms with Crippen molar-refractivity contribution in [3.05, 3.63) is 42.5 Å². The summed E-state index contributed by atoms with van der Waals surface area (Å²) < 4.78 is 0. The fraction of sp³-hybridized carbons (Fsp3) is 0.467. The molecule has 0 aliphatic heterocycles. The van der Waals surface area contributed by atoms with E-state index in [1.54, 1.807) is 12.1 Å². The predicted octanol–water partition coefficient (Wildman–Crippen LogP) is 3.21. The summed E-state index contributed by atoms with van der Waals surface area (Å²) in [7, 11) is 0. The van der Waals surface area contributed by atoms with Gasteiger partial charge in [-0.2, -0.15) is 0 Å². The number of hydrogen-bond acceptors (Lipinski definition) is 2. The number of aliphatic hydroxyl groups excluding tert-OH is 1. The van der Waals surface area contributed by atoms with Crippen molar-refractivity contribution in [2.24, 2.45) is 5.92 Å². The van der Waals surface area contributed by atoms with Gasteiger partial charge in [0.15, 0.2) is 0 Å². The second-order valence-corrected chi connectivity index (χ2v) is 4.84. The SMILES string of the molecule is C=CC(O)C1CCCCC1c1ccccc1O. The van der Waals surface area contributed by atoms with Crippen LogP contribution < -0.4 is 0 Å². The molecule has 0 amide bonds. The van der Waals surface area contributed by atoms with E-state index in [1.807, 2.05) is 18.2 Å². The fourth-order valence-electron chi connectivity index (χ4n) is 2.93. The molecule has 3 unspecified atom stereocenters. The molecule has 1 saturated carbocycles. The van der Waals surface area contributed by atoms with E-state index in [0.29, 0.717) is 5.75 Å². The van der Waals surface area contributed by atoms with Gasteiger partial charge in [-0.3, -0.25) is 0 Å². The van der Waals surface area contributed by atoms with Gasteiger partial charge in [0.25, 0.3) is 0 Å². The fourth-order valence-corrected chi connectivity index (χ4v) is 2.93. The Balaban J connectivity index is 2.28. The zero-order chi connectivity index (χ0) is 12.3. The van der Waals surface area contributed by atoms with Crippen molar-refractivity contribution in [3.63, 3.8) is 0 Å². The van der Waals surface area contributed by atoms with Gasteiger partial charge in [-0.1, -0.05) is 37.1 Å². The minimum Gasteiger partial charge on any atom is -0.508 e. The monoisotopic (exact) mass is 232 g/mol. The highest BCUT2D eigenvalue weighted by Crippen LogP contribution is 2.42. The molecule has 1 aliphatic carbocycles. The smallest absolute Gasteiger partial charge is 0.119 e. The van der Waals surface area contributed by atoms with Gasteiger partial charge in [-0.15, -0.1) is 6.58 Å². The Hall–Kier alpha value is -1.28. The Labute approximate surface area is 103 Å². The van der Waals surface area contributed by atoms with Gasteiger partial charge in [-0.05, 0) is 36.3 Å². The highest BCUT2D eigenvalue weighted by Gasteiger charge is 2.31. The summed E-state index contributed by atoms with van der Waals surface area (Å²) in [6, 6.07) is 7.47. The largest absolute Gasteiger partial charge is 0.508 e. The summed E-state index contributed by atoms with van der Waals surface area (Å²) in [4.78, 5) is 0. The first-order valence-electron chi connectivity index (χ1n) is 6.32. The molecule has 1 aliphatic rings. The van der Waals surface area contributed by atoms with Crippen LogP contribution in [0.1, 0.15) is 37.2 Å². The molecule has 2 heteroatoms. The Morgan fingerprint density at radius 3 is 2.65 bits per heavy atom. The van der Waals surface area contributed by atoms with Crippen LogP contribution in [-0.2, 0) is 0 Å². The first kappa shape index (κ1) is 12.2. The normalized spacial score (nSPS) is 26.4. The summed E-state index contributed by atoms with van der Waals surface area (Å²) >= 11 is 0. The van der Waals surface area contributed by atoms with Gasteiger partial charge < -0.3 is 10.2 Å². The Morgan fingerprint density at radius 1 is 1.24 bits per heavy atom. The Morgan fingerprint density at radius 2 is 1.94 bits per heavy atom. The van der Waals surface area contributed by atoms with Crippen LogP contribution >= 0.6 is 0 Å². The lowest BCUT2D eigenvalue weighted by atomic mass is 9.72. The van der Waals surface area contributed by atoms with Gasteiger partial charge in [-0.25, -0.2) is 0 Å². The highest BCUT2D eigenvalue weighted by molar-refractivity contribution is 5.36. The van der Waals surface area contributed by atoms with E-state index in [2.05, 4.69) is 6.58 Å². The van der Waals surface area contributed by atoms with Crippen molar-refractivity contribution in [3.8, 4) is 5.75 Å². The van der Waals surface area contributed by atoms with Gasteiger partial charge in [0.1, 0.15) is 5.75 Å². The topological polar surface area (TPSA) is 40.5 Å². The standard InChI is InChI=1S/C15H20O2/c1-2-14(16)12-8-4-3-7-11(12)13-9-5-6-10-15(13)17/h2,5-6,9-12,14,16-17H,1,3-4,7-8H2. The molecule has 17 heavy (non-hydrogen) atoms. The maximum atomic E-state index is 10.0. The molecule has 1 aromatic carbocycles. The number of aromatic hydroxyl groups is 1.